The van der Waals surface area contributed by atoms with Crippen LogP contribution >= 0.6 is 11.6 Å². The molecule has 0 saturated carbocycles. The lowest BCUT2D eigenvalue weighted by molar-refractivity contribution is -0.150. The van der Waals surface area contributed by atoms with Gasteiger partial charge in [0.25, 0.3) is 5.91 Å². The molecule has 7 heteroatoms. The molecule has 0 fully saturated rings. The summed E-state index contributed by atoms with van der Waals surface area (Å²) in [6.07, 6.45) is 0. The molecule has 0 saturated heterocycles. The summed E-state index contributed by atoms with van der Waals surface area (Å²) >= 11 is 6.65. The first kappa shape index (κ1) is 25.7. The minimum absolute atomic E-state index is 0.149. The molecule has 6 nitrogen and oxygen atoms in total. The fourth-order valence-electron chi connectivity index (χ4n) is 4.08. The Morgan fingerprint density at radius 2 is 1.44 bits per heavy atom. The number of aromatic nitrogens is 1. The number of esters is 1. The van der Waals surface area contributed by atoms with Gasteiger partial charge >= 0.3 is 5.97 Å². The predicted molar refractivity (Wildman–Crippen MR) is 128 cm³/mol. The Balaban J connectivity index is 2.80. The second-order valence-electron chi connectivity index (χ2n) is 8.68. The van der Waals surface area contributed by atoms with Gasteiger partial charge in [-0.05, 0) is 83.2 Å². The Labute approximate surface area is 195 Å². The van der Waals surface area contributed by atoms with Gasteiger partial charge in [-0.2, -0.15) is 0 Å². The highest BCUT2D eigenvalue weighted by Crippen LogP contribution is 2.42. The minimum atomic E-state index is -1.17. The summed E-state index contributed by atoms with van der Waals surface area (Å²) in [6, 6.07) is 0. The summed E-state index contributed by atoms with van der Waals surface area (Å²) in [7, 11) is 4.36. The molecule has 0 aliphatic heterocycles. The Hall–Kier alpha value is -2.60. The first-order chi connectivity index (χ1) is 14.7. The lowest BCUT2D eigenvalue weighted by Crippen LogP contribution is -2.51. The normalized spacial score (nSPS) is 11.4. The fourth-order valence-corrected chi connectivity index (χ4v) is 4.32. The molecule has 0 aliphatic carbocycles. The average Bonchev–Trinajstić information content (AvgIpc) is 2.76. The third kappa shape index (κ3) is 3.96. The van der Waals surface area contributed by atoms with Crippen LogP contribution in [0, 0.1) is 41.5 Å². The van der Waals surface area contributed by atoms with E-state index in [2.05, 4.69) is 18.8 Å². The molecule has 1 amide bonds. The molecule has 0 N–H and O–H groups in total. The van der Waals surface area contributed by atoms with Crippen molar-refractivity contribution in [2.24, 2.45) is 0 Å². The van der Waals surface area contributed by atoms with E-state index < -0.39 is 17.4 Å². The molecule has 2 aromatic rings. The van der Waals surface area contributed by atoms with Crippen molar-refractivity contribution in [2.75, 3.05) is 21.3 Å². The molecule has 174 valence electrons. The van der Waals surface area contributed by atoms with Crippen molar-refractivity contribution in [1.82, 2.24) is 9.88 Å². The van der Waals surface area contributed by atoms with E-state index in [4.69, 9.17) is 21.1 Å². The molecule has 0 bridgehead atoms. The van der Waals surface area contributed by atoms with Gasteiger partial charge in [0.2, 0.25) is 0 Å². The maximum atomic E-state index is 13.4. The summed E-state index contributed by atoms with van der Waals surface area (Å²) in [5.41, 5.74) is 6.60. The fraction of sp³-hybridized carbons (Fsp3) is 0.480. The zero-order chi connectivity index (χ0) is 24.7. The largest absolute Gasteiger partial charge is 0.494 e. The number of ether oxygens (including phenoxy) is 2. The van der Waals surface area contributed by atoms with Crippen molar-refractivity contribution in [3.8, 4) is 16.9 Å². The van der Waals surface area contributed by atoms with Crippen LogP contribution in [-0.4, -0.2) is 48.6 Å². The number of methoxy groups -OCH3 is 2. The average molecular weight is 461 g/mol. The third-order valence-electron chi connectivity index (χ3n) is 6.59. The van der Waals surface area contributed by atoms with Gasteiger partial charge in [-0.3, -0.25) is 4.79 Å². The summed E-state index contributed by atoms with van der Waals surface area (Å²) in [5.74, 6) is -0.578. The highest BCUT2D eigenvalue weighted by molar-refractivity contribution is 6.32. The van der Waals surface area contributed by atoms with Gasteiger partial charge in [-0.15, -0.1) is 0 Å². The monoisotopic (exact) mass is 460 g/mol. The van der Waals surface area contributed by atoms with Gasteiger partial charge in [-0.1, -0.05) is 11.6 Å². The Morgan fingerprint density at radius 3 is 1.94 bits per heavy atom. The molecule has 0 aliphatic rings. The summed E-state index contributed by atoms with van der Waals surface area (Å²) in [6.45, 7) is 15.2. The highest BCUT2D eigenvalue weighted by atomic mass is 35.5. The van der Waals surface area contributed by atoms with Crippen molar-refractivity contribution in [3.63, 3.8) is 0 Å². The molecule has 0 unspecified atom stereocenters. The standard InChI is InChI=1S/C25H33ClN2O4/c1-12-13(2)18(15(4)20(26)14(12)3)19-16(5)22(31-10)21(27-17(19)6)23(29)28(9)25(7,8)24(30)32-11/h1-11H3. The van der Waals surface area contributed by atoms with Gasteiger partial charge in [0.05, 0.1) is 14.2 Å². The minimum Gasteiger partial charge on any atom is -0.494 e. The van der Waals surface area contributed by atoms with E-state index in [9.17, 15) is 9.59 Å². The van der Waals surface area contributed by atoms with Gasteiger partial charge in [0.15, 0.2) is 11.4 Å². The quantitative estimate of drug-likeness (QED) is 0.567. The maximum absolute atomic E-state index is 13.4. The van der Waals surface area contributed by atoms with Crippen LogP contribution < -0.4 is 4.74 Å². The van der Waals surface area contributed by atoms with Crippen LogP contribution in [0.5, 0.6) is 5.75 Å². The molecular weight excluding hydrogens is 428 g/mol. The van der Waals surface area contributed by atoms with E-state index in [1.807, 2.05) is 27.7 Å². The molecule has 1 aromatic carbocycles. The summed E-state index contributed by atoms with van der Waals surface area (Å²) in [4.78, 5) is 31.6. The van der Waals surface area contributed by atoms with Crippen LogP contribution in [0.15, 0.2) is 0 Å². The smallest absolute Gasteiger partial charge is 0.331 e. The van der Waals surface area contributed by atoms with Crippen LogP contribution in [0.3, 0.4) is 0 Å². The number of nitrogens with zero attached hydrogens (tertiary/aromatic N) is 2. The second kappa shape index (κ2) is 9.10. The van der Waals surface area contributed by atoms with E-state index in [0.717, 1.165) is 44.0 Å². The van der Waals surface area contributed by atoms with E-state index in [1.54, 1.807) is 20.9 Å². The number of benzene rings is 1. The number of carbonyl (C=O) groups is 2. The third-order valence-corrected chi connectivity index (χ3v) is 7.16. The molecular formula is C25H33ClN2O4. The number of halogens is 1. The number of likely N-dealkylation sites (N-methyl/N-ethyl adjacent to an activating group) is 1. The number of amides is 1. The Bertz CT molecular complexity index is 1080. The van der Waals surface area contributed by atoms with E-state index in [1.165, 1.54) is 19.1 Å². The number of carbonyl (C=O) groups excluding carboxylic acids is 2. The van der Waals surface area contributed by atoms with Gasteiger partial charge in [-0.25, -0.2) is 9.78 Å². The van der Waals surface area contributed by atoms with Crippen LogP contribution in [0.25, 0.3) is 11.1 Å². The number of rotatable bonds is 5. The van der Waals surface area contributed by atoms with E-state index in [0.29, 0.717) is 11.4 Å². The topological polar surface area (TPSA) is 68.7 Å². The van der Waals surface area contributed by atoms with Crippen LogP contribution in [0.2, 0.25) is 5.02 Å². The van der Waals surface area contributed by atoms with E-state index in [-0.39, 0.29) is 5.69 Å². The van der Waals surface area contributed by atoms with Gasteiger partial charge in [0.1, 0.15) is 5.54 Å². The summed E-state index contributed by atoms with van der Waals surface area (Å²) in [5, 5.41) is 0.723. The second-order valence-corrected chi connectivity index (χ2v) is 9.06. The number of hydrogen-bond donors (Lipinski definition) is 0. The molecule has 1 heterocycles. The molecule has 32 heavy (non-hydrogen) atoms. The zero-order valence-corrected chi connectivity index (χ0v) is 21.7. The van der Waals surface area contributed by atoms with Gasteiger partial charge in [0, 0.05) is 28.9 Å². The first-order valence-electron chi connectivity index (χ1n) is 10.4. The number of aryl methyl sites for hydroxylation is 1. The van der Waals surface area contributed by atoms with Crippen LogP contribution in [0.4, 0.5) is 0 Å². The maximum Gasteiger partial charge on any atom is 0.331 e. The Kier molecular flexibility index (Phi) is 7.30. The van der Waals surface area contributed by atoms with Gasteiger partial charge < -0.3 is 14.4 Å². The van der Waals surface area contributed by atoms with Crippen LogP contribution in [-0.2, 0) is 9.53 Å². The van der Waals surface area contributed by atoms with E-state index >= 15 is 0 Å². The molecule has 2 rings (SSSR count). The van der Waals surface area contributed by atoms with Crippen molar-refractivity contribution in [3.05, 3.63) is 44.2 Å². The predicted octanol–water partition coefficient (Wildman–Crippen LogP) is 5.28. The number of hydrogen-bond acceptors (Lipinski definition) is 5. The molecule has 0 atom stereocenters. The van der Waals surface area contributed by atoms with Crippen molar-refractivity contribution >= 4 is 23.5 Å². The van der Waals surface area contributed by atoms with Crippen LogP contribution in [0.1, 0.15) is 57.8 Å². The molecule has 0 spiro atoms. The van der Waals surface area contributed by atoms with Crippen molar-refractivity contribution in [1.29, 1.82) is 0 Å². The zero-order valence-electron chi connectivity index (χ0n) is 20.9. The first-order valence-corrected chi connectivity index (χ1v) is 10.8. The molecule has 1 aromatic heterocycles. The molecule has 0 radical (unpaired) electrons. The lowest BCUT2D eigenvalue weighted by Gasteiger charge is -2.33. The highest BCUT2D eigenvalue weighted by Gasteiger charge is 2.38. The summed E-state index contributed by atoms with van der Waals surface area (Å²) < 4.78 is 10.5. The lowest BCUT2D eigenvalue weighted by atomic mass is 9.86. The SMILES string of the molecule is COC(=O)C(C)(C)N(C)C(=O)c1nc(C)c(-c2c(C)c(C)c(C)c(Cl)c2C)c(C)c1OC. The van der Waals surface area contributed by atoms with Crippen molar-refractivity contribution in [2.45, 2.75) is 60.9 Å². The Morgan fingerprint density at radius 1 is 0.875 bits per heavy atom. The van der Waals surface area contributed by atoms with Crippen molar-refractivity contribution < 1.29 is 19.1 Å². The number of pyridine rings is 1.